The number of carbonyl (C=O) groups excluding carboxylic acids is 2. The molecule has 2 aliphatic heterocycles. The molecule has 2 saturated heterocycles. The Hall–Kier alpha value is -2.09. The minimum absolute atomic E-state index is 0.103. The van der Waals surface area contributed by atoms with Crippen LogP contribution in [-0.2, 0) is 9.59 Å². The van der Waals surface area contributed by atoms with Crippen molar-refractivity contribution in [2.75, 3.05) is 18.4 Å². The second kappa shape index (κ2) is 8.94. The van der Waals surface area contributed by atoms with E-state index in [0.29, 0.717) is 37.4 Å². The molecule has 3 rings (SSSR count). The summed E-state index contributed by atoms with van der Waals surface area (Å²) < 4.78 is 40.1. The zero-order valence-corrected chi connectivity index (χ0v) is 15.9. The van der Waals surface area contributed by atoms with Crippen LogP contribution < -0.4 is 10.6 Å². The molecule has 0 saturated carbocycles. The van der Waals surface area contributed by atoms with Crippen LogP contribution in [0.1, 0.15) is 45.4 Å². The van der Waals surface area contributed by atoms with E-state index in [1.165, 1.54) is 4.90 Å². The van der Waals surface area contributed by atoms with Crippen molar-refractivity contribution >= 4 is 17.5 Å². The third-order valence-electron chi connectivity index (χ3n) is 5.52. The monoisotopic (exact) mass is 397 g/mol. The minimum Gasteiger partial charge on any atom is -0.333 e. The number of anilines is 1. The van der Waals surface area contributed by atoms with E-state index in [1.54, 1.807) is 0 Å². The van der Waals surface area contributed by atoms with E-state index < -0.39 is 29.0 Å². The fourth-order valence-electron chi connectivity index (χ4n) is 4.27. The Morgan fingerprint density at radius 2 is 1.82 bits per heavy atom. The second-order valence-electron chi connectivity index (χ2n) is 7.77. The van der Waals surface area contributed by atoms with Gasteiger partial charge < -0.3 is 15.5 Å². The summed E-state index contributed by atoms with van der Waals surface area (Å²) in [5, 5.41) is 5.76. The molecule has 2 heterocycles. The van der Waals surface area contributed by atoms with E-state index in [1.807, 2.05) is 6.92 Å². The molecule has 2 N–H and O–H groups in total. The molecule has 2 atom stereocenters. The van der Waals surface area contributed by atoms with Crippen molar-refractivity contribution in [1.29, 1.82) is 0 Å². The van der Waals surface area contributed by atoms with Gasteiger partial charge >= 0.3 is 0 Å². The number of fused-ring (bicyclic) bond motifs is 2. The summed E-state index contributed by atoms with van der Waals surface area (Å²) in [6.45, 7) is 2.06. The van der Waals surface area contributed by atoms with Crippen LogP contribution >= 0.6 is 0 Å². The first kappa shape index (κ1) is 20.6. The quantitative estimate of drug-likeness (QED) is 0.695. The molecule has 8 heteroatoms. The molecule has 0 aromatic heterocycles. The lowest BCUT2D eigenvalue weighted by atomic mass is 9.89. The zero-order valence-electron chi connectivity index (χ0n) is 15.9. The fourth-order valence-corrected chi connectivity index (χ4v) is 4.27. The van der Waals surface area contributed by atoms with E-state index >= 15 is 0 Å². The highest BCUT2D eigenvalue weighted by atomic mass is 19.2. The lowest BCUT2D eigenvalue weighted by Gasteiger charge is -2.30. The maximum Gasteiger partial charge on any atom is 0.244 e. The van der Waals surface area contributed by atoms with Gasteiger partial charge in [-0.3, -0.25) is 9.59 Å². The topological polar surface area (TPSA) is 61.4 Å². The van der Waals surface area contributed by atoms with Crippen LogP contribution in [0.3, 0.4) is 0 Å². The maximum atomic E-state index is 13.7. The number of benzene rings is 1. The van der Waals surface area contributed by atoms with Gasteiger partial charge in [-0.05, 0) is 50.2 Å². The minimum atomic E-state index is -1.64. The molecule has 0 spiro atoms. The Morgan fingerprint density at radius 1 is 1.14 bits per heavy atom. The number of piperidine rings is 1. The van der Waals surface area contributed by atoms with Crippen LogP contribution in [0.2, 0.25) is 0 Å². The summed E-state index contributed by atoms with van der Waals surface area (Å²) in [6, 6.07) is 2.67. The molecule has 2 unspecified atom stereocenters. The Kier molecular flexibility index (Phi) is 6.59. The molecule has 2 bridgehead atoms. The van der Waals surface area contributed by atoms with Crippen molar-refractivity contribution < 1.29 is 22.8 Å². The van der Waals surface area contributed by atoms with E-state index in [0.717, 1.165) is 37.8 Å². The molecule has 0 aliphatic carbocycles. The standard InChI is InChI=1S/C20H26F3N3O2/c1-2-7-26(18(28)10-12-8-13-3-4-14(9-12)24-13)11-17(27)25-16-6-5-15(21)19(22)20(16)23/h5-6,12-14,24H,2-4,7-11H2,1H3,(H,25,27). The van der Waals surface area contributed by atoms with Crippen LogP contribution in [0.15, 0.2) is 12.1 Å². The summed E-state index contributed by atoms with van der Waals surface area (Å²) in [5.74, 6) is -4.86. The maximum absolute atomic E-state index is 13.7. The van der Waals surface area contributed by atoms with Crippen molar-refractivity contribution in [3.05, 3.63) is 29.6 Å². The van der Waals surface area contributed by atoms with Gasteiger partial charge in [0.15, 0.2) is 17.5 Å². The predicted molar refractivity (Wildman–Crippen MR) is 99.1 cm³/mol. The first-order chi connectivity index (χ1) is 13.4. The highest BCUT2D eigenvalue weighted by molar-refractivity contribution is 5.94. The third-order valence-corrected chi connectivity index (χ3v) is 5.52. The summed E-state index contributed by atoms with van der Waals surface area (Å²) >= 11 is 0. The summed E-state index contributed by atoms with van der Waals surface area (Å²) in [6.07, 6.45) is 5.30. The molecule has 1 aromatic carbocycles. The normalized spacial score (nSPS) is 23.5. The first-order valence-electron chi connectivity index (χ1n) is 9.84. The molecule has 2 aliphatic rings. The lowest BCUT2D eigenvalue weighted by molar-refractivity contribution is -0.135. The van der Waals surface area contributed by atoms with Gasteiger partial charge in [-0.1, -0.05) is 6.92 Å². The van der Waals surface area contributed by atoms with Crippen LogP contribution in [0.4, 0.5) is 18.9 Å². The van der Waals surface area contributed by atoms with Crippen LogP contribution in [0, 0.1) is 23.4 Å². The van der Waals surface area contributed by atoms with Gasteiger partial charge in [-0.2, -0.15) is 0 Å². The van der Waals surface area contributed by atoms with Gasteiger partial charge in [-0.25, -0.2) is 13.2 Å². The van der Waals surface area contributed by atoms with Crippen molar-refractivity contribution in [1.82, 2.24) is 10.2 Å². The number of nitrogens with zero attached hydrogens (tertiary/aromatic N) is 1. The van der Waals surface area contributed by atoms with E-state index in [9.17, 15) is 22.8 Å². The Balaban J connectivity index is 1.58. The van der Waals surface area contributed by atoms with Crippen molar-refractivity contribution in [3.8, 4) is 0 Å². The highest BCUT2D eigenvalue weighted by Crippen LogP contribution is 2.33. The Bertz CT molecular complexity index is 732. The third kappa shape index (κ3) is 4.84. The molecule has 2 amide bonds. The number of amides is 2. The number of carbonyl (C=O) groups is 2. The van der Waals surface area contributed by atoms with Gasteiger partial charge in [0.1, 0.15) is 0 Å². The van der Waals surface area contributed by atoms with Gasteiger partial charge in [0.05, 0.1) is 12.2 Å². The first-order valence-corrected chi connectivity index (χ1v) is 9.84. The highest BCUT2D eigenvalue weighted by Gasteiger charge is 2.35. The summed E-state index contributed by atoms with van der Waals surface area (Å²) in [5.41, 5.74) is -0.442. The lowest BCUT2D eigenvalue weighted by Crippen LogP contribution is -2.42. The van der Waals surface area contributed by atoms with E-state index in [2.05, 4.69) is 10.6 Å². The summed E-state index contributed by atoms with van der Waals surface area (Å²) in [4.78, 5) is 26.4. The van der Waals surface area contributed by atoms with Crippen molar-refractivity contribution in [3.63, 3.8) is 0 Å². The van der Waals surface area contributed by atoms with Crippen molar-refractivity contribution in [2.45, 2.75) is 57.5 Å². The molecular weight excluding hydrogens is 371 g/mol. The average molecular weight is 397 g/mol. The van der Waals surface area contributed by atoms with Crippen LogP contribution in [0.5, 0.6) is 0 Å². The molecule has 28 heavy (non-hydrogen) atoms. The Morgan fingerprint density at radius 3 is 2.46 bits per heavy atom. The molecule has 1 aromatic rings. The van der Waals surface area contributed by atoms with Crippen molar-refractivity contribution in [2.24, 2.45) is 5.92 Å². The molecule has 0 radical (unpaired) electrons. The molecule has 154 valence electrons. The number of hydrogen-bond donors (Lipinski definition) is 2. The van der Waals surface area contributed by atoms with Gasteiger partial charge in [0.2, 0.25) is 11.8 Å². The van der Waals surface area contributed by atoms with Crippen LogP contribution in [0.25, 0.3) is 0 Å². The number of halogens is 3. The number of rotatable bonds is 7. The van der Waals surface area contributed by atoms with Gasteiger partial charge in [-0.15, -0.1) is 0 Å². The van der Waals surface area contributed by atoms with E-state index in [4.69, 9.17) is 0 Å². The number of hydrogen-bond acceptors (Lipinski definition) is 3. The second-order valence-corrected chi connectivity index (χ2v) is 7.77. The fraction of sp³-hybridized carbons (Fsp3) is 0.600. The molecule has 2 fully saturated rings. The van der Waals surface area contributed by atoms with E-state index in [-0.39, 0.29) is 12.5 Å². The molecule has 5 nitrogen and oxygen atoms in total. The SMILES string of the molecule is CCCN(CC(=O)Nc1ccc(F)c(F)c1F)C(=O)CC1CC2CCC(C1)N2. The number of nitrogens with one attached hydrogen (secondary N) is 2. The predicted octanol–water partition coefficient (Wildman–Crippen LogP) is 3.20. The summed E-state index contributed by atoms with van der Waals surface area (Å²) in [7, 11) is 0. The largest absolute Gasteiger partial charge is 0.333 e. The zero-order chi connectivity index (χ0) is 20.3. The van der Waals surface area contributed by atoms with Gasteiger partial charge in [0.25, 0.3) is 0 Å². The average Bonchev–Trinajstić information content (AvgIpc) is 3.00. The van der Waals surface area contributed by atoms with Gasteiger partial charge in [0, 0.05) is 25.0 Å². The van der Waals surface area contributed by atoms with Crippen LogP contribution in [-0.4, -0.2) is 41.9 Å². The Labute approximate surface area is 162 Å². The smallest absolute Gasteiger partial charge is 0.244 e. The molecular formula is C20H26F3N3O2.